The summed E-state index contributed by atoms with van der Waals surface area (Å²) in [6.45, 7) is 0. The molecule has 1 aromatic carbocycles. The number of halogens is 2. The Kier molecular flexibility index (Phi) is 4.53. The predicted molar refractivity (Wildman–Crippen MR) is 74.9 cm³/mol. The first-order chi connectivity index (χ1) is 8.88. The van der Waals surface area contributed by atoms with Gasteiger partial charge in [0.2, 0.25) is 0 Å². The number of hydrogen-bond acceptors (Lipinski definition) is 4. The fraction of sp³-hybridized carbons (Fsp3) is 0.417. The van der Waals surface area contributed by atoms with Gasteiger partial charge in [-0.05, 0) is 59.8 Å². The summed E-state index contributed by atoms with van der Waals surface area (Å²) in [5, 5.41) is 0. The van der Waals surface area contributed by atoms with E-state index in [-0.39, 0.29) is 16.6 Å². The van der Waals surface area contributed by atoms with Crippen LogP contribution >= 0.6 is 26.6 Å². The lowest BCUT2D eigenvalue weighted by Crippen LogP contribution is -2.15. The van der Waals surface area contributed by atoms with E-state index >= 15 is 0 Å². The first kappa shape index (κ1) is 14.8. The highest BCUT2D eigenvalue weighted by Gasteiger charge is 2.22. The SMILES string of the molecule is O=C(OC1CCCC1)c1ccc(Br)c(S(=O)(=O)Cl)c1. The van der Waals surface area contributed by atoms with Crippen molar-refractivity contribution in [3.05, 3.63) is 28.2 Å². The van der Waals surface area contributed by atoms with Crippen molar-refractivity contribution >= 4 is 41.6 Å². The third kappa shape index (κ3) is 3.70. The molecule has 1 aliphatic rings. The lowest BCUT2D eigenvalue weighted by Gasteiger charge is -2.11. The van der Waals surface area contributed by atoms with E-state index in [1.54, 1.807) is 0 Å². The summed E-state index contributed by atoms with van der Waals surface area (Å²) in [5.74, 6) is -0.513. The van der Waals surface area contributed by atoms with Crippen LogP contribution in [0.5, 0.6) is 0 Å². The molecule has 0 heterocycles. The van der Waals surface area contributed by atoms with Gasteiger partial charge >= 0.3 is 5.97 Å². The van der Waals surface area contributed by atoms with Gasteiger partial charge in [-0.1, -0.05) is 0 Å². The summed E-state index contributed by atoms with van der Waals surface area (Å²) in [7, 11) is 1.40. The van der Waals surface area contributed by atoms with Gasteiger partial charge in [-0.2, -0.15) is 0 Å². The highest BCUT2D eigenvalue weighted by Crippen LogP contribution is 2.27. The molecule has 1 saturated carbocycles. The molecule has 4 nitrogen and oxygen atoms in total. The summed E-state index contributed by atoms with van der Waals surface area (Å²) in [6, 6.07) is 4.21. The molecular weight excluding hydrogens is 356 g/mol. The van der Waals surface area contributed by atoms with Crippen LogP contribution in [0.15, 0.2) is 27.6 Å². The highest BCUT2D eigenvalue weighted by atomic mass is 79.9. The predicted octanol–water partition coefficient (Wildman–Crippen LogP) is 3.48. The minimum atomic E-state index is -3.90. The number of esters is 1. The average Bonchev–Trinajstić information content (AvgIpc) is 2.80. The van der Waals surface area contributed by atoms with Crippen LogP contribution < -0.4 is 0 Å². The molecule has 1 aliphatic carbocycles. The summed E-state index contributed by atoms with van der Waals surface area (Å²) in [6.07, 6.45) is 3.78. The van der Waals surface area contributed by atoms with E-state index in [2.05, 4.69) is 15.9 Å². The number of hydrogen-bond donors (Lipinski definition) is 0. The first-order valence-corrected chi connectivity index (χ1v) is 8.93. The molecule has 2 rings (SSSR count). The third-order valence-electron chi connectivity index (χ3n) is 3.01. The molecule has 0 aliphatic heterocycles. The van der Waals surface area contributed by atoms with Crippen molar-refractivity contribution in [2.75, 3.05) is 0 Å². The lowest BCUT2D eigenvalue weighted by atomic mass is 10.2. The van der Waals surface area contributed by atoms with E-state index in [0.717, 1.165) is 25.7 Å². The summed E-state index contributed by atoms with van der Waals surface area (Å²) in [4.78, 5) is 11.8. The van der Waals surface area contributed by atoms with E-state index in [1.165, 1.54) is 18.2 Å². The fourth-order valence-corrected chi connectivity index (χ4v) is 4.16. The van der Waals surface area contributed by atoms with Crippen molar-refractivity contribution in [1.82, 2.24) is 0 Å². The monoisotopic (exact) mass is 366 g/mol. The van der Waals surface area contributed by atoms with Gasteiger partial charge in [-0.15, -0.1) is 0 Å². The lowest BCUT2D eigenvalue weighted by molar-refractivity contribution is 0.0317. The van der Waals surface area contributed by atoms with Gasteiger partial charge < -0.3 is 4.74 Å². The molecular formula is C12H12BrClO4S. The summed E-state index contributed by atoms with van der Waals surface area (Å²) in [5.41, 5.74) is 0.189. The van der Waals surface area contributed by atoms with Crippen molar-refractivity contribution < 1.29 is 17.9 Å². The second kappa shape index (κ2) is 5.81. The molecule has 0 radical (unpaired) electrons. The van der Waals surface area contributed by atoms with Crippen LogP contribution in [0.4, 0.5) is 0 Å². The van der Waals surface area contributed by atoms with E-state index in [0.29, 0.717) is 4.47 Å². The van der Waals surface area contributed by atoms with Crippen LogP contribution in [-0.4, -0.2) is 20.5 Å². The molecule has 1 aromatic rings. The molecule has 0 saturated heterocycles. The molecule has 0 N–H and O–H groups in total. The molecule has 0 bridgehead atoms. The van der Waals surface area contributed by atoms with Crippen LogP contribution in [0.1, 0.15) is 36.0 Å². The van der Waals surface area contributed by atoms with Gasteiger partial charge in [0.1, 0.15) is 6.10 Å². The Balaban J connectivity index is 2.23. The van der Waals surface area contributed by atoms with Crippen molar-refractivity contribution in [2.45, 2.75) is 36.7 Å². The maximum absolute atomic E-state index is 11.9. The number of carbonyl (C=O) groups excluding carboxylic acids is 1. The number of rotatable bonds is 3. The van der Waals surface area contributed by atoms with Gasteiger partial charge in [-0.3, -0.25) is 0 Å². The van der Waals surface area contributed by atoms with Gasteiger partial charge in [0.05, 0.1) is 10.5 Å². The fourth-order valence-electron chi connectivity index (χ4n) is 2.04. The van der Waals surface area contributed by atoms with Crippen LogP contribution in [0.3, 0.4) is 0 Å². The summed E-state index contributed by atoms with van der Waals surface area (Å²) < 4.78 is 28.3. The van der Waals surface area contributed by atoms with Crippen LogP contribution in [0.2, 0.25) is 0 Å². The minimum absolute atomic E-state index is 0.0628. The molecule has 7 heteroatoms. The maximum atomic E-state index is 11.9. The molecule has 104 valence electrons. The number of ether oxygens (including phenoxy) is 1. The Morgan fingerprint density at radius 3 is 2.53 bits per heavy atom. The van der Waals surface area contributed by atoms with Gasteiger partial charge in [0.15, 0.2) is 0 Å². The van der Waals surface area contributed by atoms with Gasteiger partial charge in [0, 0.05) is 15.2 Å². The Labute approximate surface area is 124 Å². The van der Waals surface area contributed by atoms with E-state index < -0.39 is 15.0 Å². The van der Waals surface area contributed by atoms with E-state index in [1.807, 2.05) is 0 Å². The van der Waals surface area contributed by atoms with Crippen LogP contribution in [0, 0.1) is 0 Å². The van der Waals surface area contributed by atoms with Crippen molar-refractivity contribution in [2.24, 2.45) is 0 Å². The second-order valence-corrected chi connectivity index (χ2v) is 7.78. The van der Waals surface area contributed by atoms with Gasteiger partial charge in [-0.25, -0.2) is 13.2 Å². The van der Waals surface area contributed by atoms with Crippen molar-refractivity contribution in [3.63, 3.8) is 0 Å². The topological polar surface area (TPSA) is 60.4 Å². The quantitative estimate of drug-likeness (QED) is 0.606. The number of carbonyl (C=O) groups is 1. The first-order valence-electron chi connectivity index (χ1n) is 5.83. The van der Waals surface area contributed by atoms with Gasteiger partial charge in [0.25, 0.3) is 9.05 Å². The second-order valence-electron chi connectivity index (χ2n) is 4.39. The van der Waals surface area contributed by atoms with Crippen molar-refractivity contribution in [3.8, 4) is 0 Å². The minimum Gasteiger partial charge on any atom is -0.459 e. The van der Waals surface area contributed by atoms with E-state index in [4.69, 9.17) is 15.4 Å². The van der Waals surface area contributed by atoms with Crippen LogP contribution in [-0.2, 0) is 13.8 Å². The molecule has 0 spiro atoms. The van der Waals surface area contributed by atoms with E-state index in [9.17, 15) is 13.2 Å². The Morgan fingerprint density at radius 2 is 1.95 bits per heavy atom. The third-order valence-corrected chi connectivity index (χ3v) is 5.32. The normalized spacial score (nSPS) is 16.5. The highest BCUT2D eigenvalue weighted by molar-refractivity contribution is 9.10. The molecule has 0 amide bonds. The summed E-state index contributed by atoms with van der Waals surface area (Å²) >= 11 is 3.09. The average molecular weight is 368 g/mol. The molecule has 19 heavy (non-hydrogen) atoms. The molecule has 0 aromatic heterocycles. The maximum Gasteiger partial charge on any atom is 0.338 e. The molecule has 0 unspecified atom stereocenters. The zero-order valence-electron chi connectivity index (χ0n) is 9.93. The standard InChI is InChI=1S/C12H12BrClO4S/c13-10-6-5-8(7-11(10)19(14,16)17)12(15)18-9-3-1-2-4-9/h5-7,9H,1-4H2. The zero-order valence-corrected chi connectivity index (χ0v) is 13.1. The number of benzene rings is 1. The largest absolute Gasteiger partial charge is 0.459 e. The smallest absolute Gasteiger partial charge is 0.338 e. The van der Waals surface area contributed by atoms with Crippen LogP contribution in [0.25, 0.3) is 0 Å². The molecule has 1 fully saturated rings. The Morgan fingerprint density at radius 1 is 1.32 bits per heavy atom. The Bertz CT molecular complexity index is 594. The van der Waals surface area contributed by atoms with Crippen molar-refractivity contribution in [1.29, 1.82) is 0 Å². The Hall–Kier alpha value is -0.590. The molecule has 0 atom stereocenters. The zero-order chi connectivity index (χ0) is 14.0.